The first kappa shape index (κ1) is 23.4. The van der Waals surface area contributed by atoms with E-state index in [4.69, 9.17) is 21.4 Å². The van der Waals surface area contributed by atoms with Crippen molar-refractivity contribution in [3.8, 4) is 5.75 Å². The van der Waals surface area contributed by atoms with Crippen molar-refractivity contribution in [2.75, 3.05) is 18.4 Å². The molecule has 1 fully saturated rings. The lowest BCUT2D eigenvalue weighted by atomic mass is 9.87. The highest BCUT2D eigenvalue weighted by Crippen LogP contribution is 2.28. The quantitative estimate of drug-likeness (QED) is 0.446. The monoisotopic (exact) mass is 459 g/mol. The van der Waals surface area contributed by atoms with Gasteiger partial charge in [0, 0.05) is 29.4 Å². The fourth-order valence-corrected chi connectivity index (χ4v) is 3.59. The molecule has 4 N–H and O–H groups in total. The van der Waals surface area contributed by atoms with Crippen LogP contribution >= 0.6 is 11.6 Å². The molecular weight excluding hydrogens is 434 g/mol. The van der Waals surface area contributed by atoms with Crippen molar-refractivity contribution < 1.29 is 24.2 Å². The Kier molecular flexibility index (Phi) is 8.33. The lowest BCUT2D eigenvalue weighted by Gasteiger charge is -2.26. The molecule has 3 amide bonds. The third-order valence-corrected chi connectivity index (χ3v) is 5.49. The largest absolute Gasteiger partial charge is 0.490 e. The summed E-state index contributed by atoms with van der Waals surface area (Å²) in [7, 11) is 0. The number of aliphatic carboxylic acids is 1. The van der Waals surface area contributed by atoms with Crippen molar-refractivity contribution in [2.24, 2.45) is 5.92 Å². The van der Waals surface area contributed by atoms with Gasteiger partial charge in [0.15, 0.2) is 0 Å². The molecule has 0 saturated heterocycles. The molecule has 1 aliphatic carbocycles. The Morgan fingerprint density at radius 3 is 2.16 bits per heavy atom. The van der Waals surface area contributed by atoms with Crippen molar-refractivity contribution in [3.05, 3.63) is 59.1 Å². The molecule has 9 heteroatoms. The molecule has 0 radical (unpaired) electrons. The minimum atomic E-state index is -0.740. The number of anilines is 1. The predicted octanol–water partition coefficient (Wildman–Crippen LogP) is 3.91. The van der Waals surface area contributed by atoms with E-state index in [0.29, 0.717) is 47.7 Å². The van der Waals surface area contributed by atoms with Gasteiger partial charge in [-0.05, 0) is 74.2 Å². The third-order valence-electron chi connectivity index (χ3n) is 5.24. The molecule has 1 aliphatic rings. The summed E-state index contributed by atoms with van der Waals surface area (Å²) in [4.78, 5) is 35.1. The SMILES string of the molecule is O=C(NCCNC(=O)c1ccc(O[C@H]2CC[C@@H](C(=O)O)CC2)cc1)Nc1ccc(Cl)cc1. The molecule has 8 nitrogen and oxygen atoms in total. The molecule has 2 aromatic carbocycles. The van der Waals surface area contributed by atoms with Gasteiger partial charge in [-0.1, -0.05) is 11.6 Å². The van der Waals surface area contributed by atoms with Crippen LogP contribution in [-0.4, -0.2) is 42.2 Å². The zero-order valence-corrected chi connectivity index (χ0v) is 18.2. The van der Waals surface area contributed by atoms with Crippen LogP contribution in [0, 0.1) is 5.92 Å². The molecule has 0 heterocycles. The highest BCUT2D eigenvalue weighted by molar-refractivity contribution is 6.30. The Bertz CT molecular complexity index is 926. The van der Waals surface area contributed by atoms with Crippen LogP contribution in [0.4, 0.5) is 10.5 Å². The number of halogens is 1. The van der Waals surface area contributed by atoms with Gasteiger partial charge >= 0.3 is 12.0 Å². The highest BCUT2D eigenvalue weighted by Gasteiger charge is 2.26. The average molecular weight is 460 g/mol. The standard InChI is InChI=1S/C23H26ClN3O5/c24-17-5-7-18(8-6-17)27-23(31)26-14-13-25-21(28)15-1-9-19(10-2-15)32-20-11-3-16(4-12-20)22(29)30/h1-2,5-10,16,20H,3-4,11-14H2,(H,25,28)(H,29,30)(H2,26,27,31)/t16-,20+. The van der Waals surface area contributed by atoms with Crippen molar-refractivity contribution >= 4 is 35.2 Å². The summed E-state index contributed by atoms with van der Waals surface area (Å²) in [6.45, 7) is 0.545. The first-order valence-corrected chi connectivity index (χ1v) is 10.9. The van der Waals surface area contributed by atoms with Crippen LogP contribution in [0.1, 0.15) is 36.0 Å². The summed E-state index contributed by atoms with van der Waals surface area (Å²) in [6, 6.07) is 13.2. The summed E-state index contributed by atoms with van der Waals surface area (Å²) in [6.07, 6.45) is 2.64. The molecule has 32 heavy (non-hydrogen) atoms. The number of carbonyl (C=O) groups excluding carboxylic acids is 2. The van der Waals surface area contributed by atoms with Crippen molar-refractivity contribution in [1.82, 2.24) is 10.6 Å². The van der Waals surface area contributed by atoms with E-state index in [2.05, 4.69) is 16.0 Å². The molecule has 0 aliphatic heterocycles. The van der Waals surface area contributed by atoms with Crippen LogP contribution in [-0.2, 0) is 4.79 Å². The second-order valence-electron chi connectivity index (χ2n) is 7.60. The molecule has 0 unspecified atom stereocenters. The van der Waals surface area contributed by atoms with Crippen LogP contribution in [0.3, 0.4) is 0 Å². The number of amides is 3. The predicted molar refractivity (Wildman–Crippen MR) is 121 cm³/mol. The van der Waals surface area contributed by atoms with Crippen molar-refractivity contribution in [1.29, 1.82) is 0 Å². The van der Waals surface area contributed by atoms with E-state index in [1.807, 2.05) is 0 Å². The molecule has 0 aromatic heterocycles. The van der Waals surface area contributed by atoms with Crippen molar-refractivity contribution in [3.63, 3.8) is 0 Å². The average Bonchev–Trinajstić information content (AvgIpc) is 2.79. The van der Waals surface area contributed by atoms with Gasteiger partial charge < -0.3 is 25.8 Å². The van der Waals surface area contributed by atoms with Crippen LogP contribution < -0.4 is 20.7 Å². The second-order valence-corrected chi connectivity index (χ2v) is 8.03. The number of rotatable bonds is 8. The number of hydrogen-bond donors (Lipinski definition) is 4. The van der Waals surface area contributed by atoms with E-state index >= 15 is 0 Å². The first-order chi connectivity index (χ1) is 15.4. The minimum Gasteiger partial charge on any atom is -0.490 e. The Hall–Kier alpha value is -3.26. The van der Waals surface area contributed by atoms with Gasteiger partial charge in [0.1, 0.15) is 5.75 Å². The van der Waals surface area contributed by atoms with E-state index in [0.717, 1.165) is 0 Å². The lowest BCUT2D eigenvalue weighted by molar-refractivity contribution is -0.143. The molecule has 2 aromatic rings. The summed E-state index contributed by atoms with van der Waals surface area (Å²) in [5, 5.41) is 17.7. The lowest BCUT2D eigenvalue weighted by Crippen LogP contribution is -2.36. The maximum absolute atomic E-state index is 12.3. The number of urea groups is 1. The minimum absolute atomic E-state index is 0.00429. The van der Waals surface area contributed by atoms with E-state index < -0.39 is 5.97 Å². The third kappa shape index (κ3) is 7.16. The Balaban J connectivity index is 1.35. The van der Waals surface area contributed by atoms with Crippen LogP contribution in [0.2, 0.25) is 5.02 Å². The zero-order chi connectivity index (χ0) is 22.9. The van der Waals surface area contributed by atoms with Crippen LogP contribution in [0.25, 0.3) is 0 Å². The van der Waals surface area contributed by atoms with Gasteiger partial charge in [0.25, 0.3) is 5.91 Å². The van der Waals surface area contributed by atoms with Gasteiger partial charge in [-0.15, -0.1) is 0 Å². The highest BCUT2D eigenvalue weighted by atomic mass is 35.5. The molecule has 0 bridgehead atoms. The smallest absolute Gasteiger partial charge is 0.319 e. The number of carboxylic acid groups (broad SMARTS) is 1. The second kappa shape index (κ2) is 11.4. The molecule has 1 saturated carbocycles. The molecule has 0 atom stereocenters. The van der Waals surface area contributed by atoms with E-state index in [1.54, 1.807) is 48.5 Å². The normalized spacial score (nSPS) is 17.8. The maximum atomic E-state index is 12.3. The molecular formula is C23H26ClN3O5. The molecule has 3 rings (SSSR count). The van der Waals surface area contributed by atoms with Gasteiger partial charge in [-0.2, -0.15) is 0 Å². The van der Waals surface area contributed by atoms with E-state index in [1.165, 1.54) is 0 Å². The van der Waals surface area contributed by atoms with Crippen LogP contribution in [0.15, 0.2) is 48.5 Å². The Morgan fingerprint density at radius 2 is 1.53 bits per heavy atom. The fraction of sp³-hybridized carbons (Fsp3) is 0.348. The summed E-state index contributed by atoms with van der Waals surface area (Å²) < 4.78 is 5.91. The topological polar surface area (TPSA) is 117 Å². The van der Waals surface area contributed by atoms with Crippen LogP contribution in [0.5, 0.6) is 5.75 Å². The Morgan fingerprint density at radius 1 is 0.906 bits per heavy atom. The summed E-state index contributed by atoms with van der Waals surface area (Å²) >= 11 is 5.80. The van der Waals surface area contributed by atoms with Crippen molar-refractivity contribution in [2.45, 2.75) is 31.8 Å². The Labute approximate surface area is 191 Å². The van der Waals surface area contributed by atoms with E-state index in [-0.39, 0.29) is 37.0 Å². The first-order valence-electron chi connectivity index (χ1n) is 10.5. The number of hydrogen-bond acceptors (Lipinski definition) is 4. The number of ether oxygens (including phenoxy) is 1. The van der Waals surface area contributed by atoms with Gasteiger partial charge in [-0.25, -0.2) is 4.79 Å². The summed E-state index contributed by atoms with van der Waals surface area (Å²) in [5.41, 5.74) is 1.10. The molecule has 170 valence electrons. The maximum Gasteiger partial charge on any atom is 0.319 e. The fourth-order valence-electron chi connectivity index (χ4n) is 3.47. The number of nitrogens with one attached hydrogen (secondary N) is 3. The van der Waals surface area contributed by atoms with E-state index in [9.17, 15) is 14.4 Å². The zero-order valence-electron chi connectivity index (χ0n) is 17.5. The van der Waals surface area contributed by atoms with Gasteiger partial charge in [-0.3, -0.25) is 9.59 Å². The number of carbonyl (C=O) groups is 3. The molecule has 0 spiro atoms. The van der Waals surface area contributed by atoms with Gasteiger partial charge in [0.05, 0.1) is 12.0 Å². The summed E-state index contributed by atoms with van der Waals surface area (Å²) in [5.74, 6) is -0.616. The number of carboxylic acids is 1. The van der Waals surface area contributed by atoms with Gasteiger partial charge in [0.2, 0.25) is 0 Å². The number of benzene rings is 2.